The molecule has 8 rings (SSSR count). The van der Waals surface area contributed by atoms with E-state index in [4.69, 9.17) is 0 Å². The summed E-state index contributed by atoms with van der Waals surface area (Å²) in [6, 6.07) is 47.0. The molecule has 0 fully saturated rings. The molecule has 1 heteroatoms. The first-order chi connectivity index (χ1) is 18.8. The van der Waals surface area contributed by atoms with Crippen LogP contribution in [0.1, 0.15) is 5.56 Å². The van der Waals surface area contributed by atoms with Gasteiger partial charge in [0.25, 0.3) is 0 Å². The number of aryl methyl sites for hydroxylation is 1. The highest BCUT2D eigenvalue weighted by Gasteiger charge is 2.13. The van der Waals surface area contributed by atoms with Gasteiger partial charge in [0, 0.05) is 20.2 Å². The van der Waals surface area contributed by atoms with Gasteiger partial charge < -0.3 is 0 Å². The molecule has 1 aromatic heterocycles. The Bertz CT molecular complexity index is 2160. The van der Waals surface area contributed by atoms with Crippen LogP contribution in [0.5, 0.6) is 0 Å². The van der Waals surface area contributed by atoms with Crippen LogP contribution in [0.4, 0.5) is 0 Å². The predicted octanol–water partition coefficient (Wildman–Crippen LogP) is 11.2. The van der Waals surface area contributed by atoms with E-state index in [-0.39, 0.29) is 0 Å². The van der Waals surface area contributed by atoms with Crippen molar-refractivity contribution in [2.24, 2.45) is 0 Å². The van der Waals surface area contributed by atoms with E-state index < -0.39 is 0 Å². The summed E-state index contributed by atoms with van der Waals surface area (Å²) in [6.45, 7) is 2.24. The molecule has 0 radical (unpaired) electrons. The lowest BCUT2D eigenvalue weighted by atomic mass is 9.90. The molecule has 38 heavy (non-hydrogen) atoms. The lowest BCUT2D eigenvalue weighted by Crippen LogP contribution is -1.88. The quantitative estimate of drug-likeness (QED) is 0.207. The molecule has 0 nitrogen and oxygen atoms in total. The minimum absolute atomic E-state index is 1.27. The van der Waals surface area contributed by atoms with Gasteiger partial charge in [-0.25, -0.2) is 0 Å². The zero-order valence-corrected chi connectivity index (χ0v) is 21.8. The third kappa shape index (κ3) is 3.16. The Labute approximate surface area is 225 Å². The Morgan fingerprint density at radius 3 is 1.66 bits per heavy atom. The lowest BCUT2D eigenvalue weighted by Gasteiger charge is -2.14. The summed E-state index contributed by atoms with van der Waals surface area (Å²) in [5.41, 5.74) is 6.44. The molecule has 0 spiro atoms. The van der Waals surface area contributed by atoms with Crippen molar-refractivity contribution in [1.29, 1.82) is 0 Å². The second-order valence-corrected chi connectivity index (χ2v) is 11.2. The molecule has 0 saturated carbocycles. The molecule has 0 aliphatic heterocycles. The Kier molecular flexibility index (Phi) is 4.71. The van der Waals surface area contributed by atoms with Gasteiger partial charge in [-0.3, -0.25) is 0 Å². The molecule has 0 N–H and O–H groups in total. The summed E-state index contributed by atoms with van der Waals surface area (Å²) in [7, 11) is 0. The third-order valence-electron chi connectivity index (χ3n) is 8.00. The molecule has 0 aliphatic carbocycles. The van der Waals surface area contributed by atoms with Crippen LogP contribution in [0, 0.1) is 6.92 Å². The van der Waals surface area contributed by atoms with Gasteiger partial charge >= 0.3 is 0 Å². The van der Waals surface area contributed by atoms with Crippen LogP contribution in [0.3, 0.4) is 0 Å². The standard InChI is InChI=1S/C37H24S/c1-23-21-24(27-14-8-15-34-33-13-6-7-16-36(33)38-37(27)34)17-19-26(23)25-18-20-32-30-11-3-2-9-28(30)29-10-4-5-12-31(29)35(32)22-25/h2-22H,1H3. The molecular weight excluding hydrogens is 476 g/mol. The van der Waals surface area contributed by atoms with Crippen LogP contribution in [0.25, 0.3) is 74.7 Å². The molecule has 0 bridgehead atoms. The molecule has 178 valence electrons. The van der Waals surface area contributed by atoms with E-state index >= 15 is 0 Å². The average molecular weight is 501 g/mol. The Balaban J connectivity index is 1.31. The Morgan fingerprint density at radius 1 is 0.395 bits per heavy atom. The highest BCUT2D eigenvalue weighted by atomic mass is 32.1. The van der Waals surface area contributed by atoms with Crippen LogP contribution in [-0.2, 0) is 0 Å². The largest absolute Gasteiger partial charge is 0.135 e. The van der Waals surface area contributed by atoms with Gasteiger partial charge in [0.15, 0.2) is 0 Å². The van der Waals surface area contributed by atoms with Crippen LogP contribution in [0.2, 0.25) is 0 Å². The van der Waals surface area contributed by atoms with Crippen LogP contribution in [0.15, 0.2) is 127 Å². The van der Waals surface area contributed by atoms with Crippen molar-refractivity contribution in [3.63, 3.8) is 0 Å². The van der Waals surface area contributed by atoms with Crippen molar-refractivity contribution in [3.8, 4) is 22.3 Å². The maximum atomic E-state index is 2.39. The van der Waals surface area contributed by atoms with Crippen LogP contribution >= 0.6 is 11.3 Å². The van der Waals surface area contributed by atoms with Crippen molar-refractivity contribution >= 4 is 63.8 Å². The molecular formula is C37H24S. The third-order valence-corrected chi connectivity index (χ3v) is 9.22. The summed E-state index contributed by atoms with van der Waals surface area (Å²) >= 11 is 1.89. The van der Waals surface area contributed by atoms with Gasteiger partial charge in [0.1, 0.15) is 0 Å². The highest BCUT2D eigenvalue weighted by Crippen LogP contribution is 2.41. The van der Waals surface area contributed by atoms with Crippen LogP contribution in [-0.4, -0.2) is 0 Å². The van der Waals surface area contributed by atoms with Crippen molar-refractivity contribution in [2.75, 3.05) is 0 Å². The summed E-state index contributed by atoms with van der Waals surface area (Å²) in [4.78, 5) is 0. The number of rotatable bonds is 2. The van der Waals surface area contributed by atoms with Gasteiger partial charge in [-0.1, -0.05) is 115 Å². The van der Waals surface area contributed by atoms with E-state index in [0.29, 0.717) is 0 Å². The van der Waals surface area contributed by atoms with E-state index in [1.807, 2.05) is 11.3 Å². The van der Waals surface area contributed by atoms with Crippen molar-refractivity contribution < 1.29 is 0 Å². The first kappa shape index (κ1) is 21.6. The number of hydrogen-bond acceptors (Lipinski definition) is 1. The average Bonchev–Trinajstić information content (AvgIpc) is 3.36. The number of fused-ring (bicyclic) bond motifs is 9. The Morgan fingerprint density at radius 2 is 0.947 bits per heavy atom. The molecule has 0 saturated heterocycles. The maximum absolute atomic E-state index is 2.39. The Hall–Kier alpha value is -4.46. The number of hydrogen-bond donors (Lipinski definition) is 0. The maximum Gasteiger partial charge on any atom is 0.0433 e. The fourth-order valence-corrected chi connectivity index (χ4v) is 7.44. The second-order valence-electron chi connectivity index (χ2n) is 10.2. The summed E-state index contributed by atoms with van der Waals surface area (Å²) < 4.78 is 2.71. The first-order valence-corrected chi connectivity index (χ1v) is 13.9. The highest BCUT2D eigenvalue weighted by molar-refractivity contribution is 7.26. The molecule has 8 aromatic rings. The van der Waals surface area contributed by atoms with E-state index in [9.17, 15) is 0 Å². The van der Waals surface area contributed by atoms with E-state index in [2.05, 4.69) is 134 Å². The summed E-state index contributed by atoms with van der Waals surface area (Å²) in [6.07, 6.45) is 0. The SMILES string of the molecule is Cc1cc(-c2cccc3c2sc2ccccc23)ccc1-c1ccc2c3ccccc3c3ccccc3c2c1. The minimum atomic E-state index is 1.27. The van der Waals surface area contributed by atoms with Gasteiger partial charge in [-0.05, 0) is 79.2 Å². The van der Waals surface area contributed by atoms with Gasteiger partial charge in [0.05, 0.1) is 0 Å². The fraction of sp³-hybridized carbons (Fsp3) is 0.0270. The van der Waals surface area contributed by atoms with Crippen molar-refractivity contribution in [2.45, 2.75) is 6.92 Å². The van der Waals surface area contributed by atoms with Gasteiger partial charge in [-0.15, -0.1) is 11.3 Å². The monoisotopic (exact) mass is 500 g/mol. The van der Waals surface area contributed by atoms with Crippen LogP contribution < -0.4 is 0 Å². The molecule has 0 atom stereocenters. The molecule has 7 aromatic carbocycles. The van der Waals surface area contributed by atoms with Crippen molar-refractivity contribution in [1.82, 2.24) is 0 Å². The normalized spacial score (nSPS) is 11.8. The minimum Gasteiger partial charge on any atom is -0.135 e. The van der Waals surface area contributed by atoms with Gasteiger partial charge in [0.2, 0.25) is 0 Å². The predicted molar refractivity (Wildman–Crippen MR) is 167 cm³/mol. The zero-order chi connectivity index (χ0) is 25.2. The smallest absolute Gasteiger partial charge is 0.0433 e. The summed E-state index contributed by atoms with van der Waals surface area (Å²) in [5, 5.41) is 10.6. The van der Waals surface area contributed by atoms with E-state index in [1.165, 1.54) is 80.3 Å². The summed E-state index contributed by atoms with van der Waals surface area (Å²) in [5.74, 6) is 0. The zero-order valence-electron chi connectivity index (χ0n) is 21.0. The molecule has 0 unspecified atom stereocenters. The molecule has 0 aliphatic rings. The number of benzene rings is 7. The lowest BCUT2D eigenvalue weighted by molar-refractivity contribution is 1.46. The molecule has 1 heterocycles. The first-order valence-electron chi connectivity index (χ1n) is 13.1. The van der Waals surface area contributed by atoms with E-state index in [0.717, 1.165) is 0 Å². The van der Waals surface area contributed by atoms with Crippen molar-refractivity contribution in [3.05, 3.63) is 133 Å². The molecule has 0 amide bonds. The van der Waals surface area contributed by atoms with Gasteiger partial charge in [-0.2, -0.15) is 0 Å². The number of thiophene rings is 1. The fourth-order valence-electron chi connectivity index (χ4n) is 6.20. The second kappa shape index (κ2) is 8.28. The van der Waals surface area contributed by atoms with E-state index in [1.54, 1.807) is 0 Å². The topological polar surface area (TPSA) is 0 Å².